The van der Waals surface area contributed by atoms with E-state index < -0.39 is 0 Å². The summed E-state index contributed by atoms with van der Waals surface area (Å²) >= 11 is 3.35. The SMILES string of the molecule is Cc1nsc(SCCNC(C2CC2)C2CC2)n1. The van der Waals surface area contributed by atoms with Crippen molar-refractivity contribution in [3.63, 3.8) is 0 Å². The summed E-state index contributed by atoms with van der Waals surface area (Å²) < 4.78 is 5.31. The van der Waals surface area contributed by atoms with Crippen molar-refractivity contribution >= 4 is 23.3 Å². The molecule has 2 saturated carbocycles. The summed E-state index contributed by atoms with van der Waals surface area (Å²) in [7, 11) is 0. The van der Waals surface area contributed by atoms with Gasteiger partial charge in [-0.1, -0.05) is 11.8 Å². The van der Waals surface area contributed by atoms with E-state index in [1.807, 2.05) is 18.7 Å². The first-order valence-electron chi connectivity index (χ1n) is 6.49. The largest absolute Gasteiger partial charge is 0.313 e. The van der Waals surface area contributed by atoms with Crippen LogP contribution < -0.4 is 5.32 Å². The van der Waals surface area contributed by atoms with Crippen LogP contribution in [0.5, 0.6) is 0 Å². The van der Waals surface area contributed by atoms with Crippen LogP contribution in [0.1, 0.15) is 31.5 Å². The molecule has 2 aliphatic rings. The number of nitrogens with zero attached hydrogens (tertiary/aromatic N) is 2. The quantitative estimate of drug-likeness (QED) is 0.610. The minimum absolute atomic E-state index is 0.826. The van der Waals surface area contributed by atoms with Crippen LogP contribution in [0.25, 0.3) is 0 Å². The van der Waals surface area contributed by atoms with Crippen LogP contribution in [0.3, 0.4) is 0 Å². The molecule has 94 valence electrons. The summed E-state index contributed by atoms with van der Waals surface area (Å²) in [4.78, 5) is 4.36. The lowest BCUT2D eigenvalue weighted by Crippen LogP contribution is -2.34. The predicted molar refractivity (Wildman–Crippen MR) is 72.6 cm³/mol. The van der Waals surface area contributed by atoms with E-state index in [1.54, 1.807) is 0 Å². The zero-order chi connectivity index (χ0) is 11.7. The molecule has 5 heteroatoms. The van der Waals surface area contributed by atoms with Gasteiger partial charge in [0.2, 0.25) is 0 Å². The Bertz CT molecular complexity index is 360. The number of aromatic nitrogens is 2. The van der Waals surface area contributed by atoms with Crippen LogP contribution in [0.15, 0.2) is 4.34 Å². The molecule has 0 atom stereocenters. The van der Waals surface area contributed by atoms with E-state index in [4.69, 9.17) is 0 Å². The summed E-state index contributed by atoms with van der Waals surface area (Å²) in [5, 5.41) is 3.76. The molecule has 0 aromatic carbocycles. The van der Waals surface area contributed by atoms with Crippen molar-refractivity contribution in [1.29, 1.82) is 0 Å². The number of hydrogen-bond acceptors (Lipinski definition) is 5. The monoisotopic (exact) mass is 269 g/mol. The van der Waals surface area contributed by atoms with Crippen molar-refractivity contribution in [2.45, 2.75) is 43.0 Å². The van der Waals surface area contributed by atoms with Crippen molar-refractivity contribution in [3.05, 3.63) is 5.82 Å². The maximum atomic E-state index is 4.36. The Morgan fingerprint density at radius 2 is 2.06 bits per heavy atom. The minimum Gasteiger partial charge on any atom is -0.313 e. The van der Waals surface area contributed by atoms with Gasteiger partial charge in [-0.25, -0.2) is 4.98 Å². The third-order valence-electron chi connectivity index (χ3n) is 3.48. The molecular weight excluding hydrogens is 250 g/mol. The van der Waals surface area contributed by atoms with Gasteiger partial charge in [0.15, 0.2) is 4.34 Å². The molecule has 1 aromatic rings. The maximum absolute atomic E-state index is 4.36. The maximum Gasteiger partial charge on any atom is 0.170 e. The van der Waals surface area contributed by atoms with E-state index in [1.165, 1.54) is 37.2 Å². The molecule has 2 aliphatic carbocycles. The first-order valence-corrected chi connectivity index (χ1v) is 8.25. The second kappa shape index (κ2) is 5.24. The highest BCUT2D eigenvalue weighted by Gasteiger charge is 2.40. The number of nitrogens with one attached hydrogen (secondary N) is 1. The third kappa shape index (κ3) is 3.42. The van der Waals surface area contributed by atoms with Gasteiger partial charge in [-0.3, -0.25) is 0 Å². The lowest BCUT2D eigenvalue weighted by molar-refractivity contribution is 0.429. The van der Waals surface area contributed by atoms with Gasteiger partial charge in [-0.2, -0.15) is 4.37 Å². The van der Waals surface area contributed by atoms with Crippen LogP contribution in [0, 0.1) is 18.8 Å². The zero-order valence-corrected chi connectivity index (χ0v) is 11.8. The van der Waals surface area contributed by atoms with E-state index in [0.29, 0.717) is 0 Å². The number of aryl methyl sites for hydroxylation is 1. The van der Waals surface area contributed by atoms with Gasteiger partial charge in [0.25, 0.3) is 0 Å². The molecule has 0 unspecified atom stereocenters. The van der Waals surface area contributed by atoms with E-state index in [2.05, 4.69) is 14.7 Å². The summed E-state index contributed by atoms with van der Waals surface area (Å²) in [5.41, 5.74) is 0. The van der Waals surface area contributed by atoms with Crippen molar-refractivity contribution in [2.24, 2.45) is 11.8 Å². The Labute approximate surface area is 111 Å². The molecule has 2 fully saturated rings. The molecule has 0 spiro atoms. The number of rotatable bonds is 7. The standard InChI is InChI=1S/C12H19N3S2/c1-8-14-12(17-15-8)16-7-6-13-11(9-2-3-9)10-4-5-10/h9-11,13H,2-7H2,1H3. The van der Waals surface area contributed by atoms with E-state index >= 15 is 0 Å². The van der Waals surface area contributed by atoms with Gasteiger partial charge in [0.05, 0.1) is 0 Å². The number of hydrogen-bond donors (Lipinski definition) is 1. The molecule has 0 radical (unpaired) electrons. The molecular formula is C12H19N3S2. The van der Waals surface area contributed by atoms with Crippen molar-refractivity contribution < 1.29 is 0 Å². The first kappa shape index (κ1) is 11.9. The molecule has 0 aliphatic heterocycles. The summed E-state index contributed by atoms with van der Waals surface area (Å²) in [6.07, 6.45) is 5.82. The summed E-state index contributed by atoms with van der Waals surface area (Å²) in [6, 6.07) is 0.826. The van der Waals surface area contributed by atoms with Gasteiger partial charge in [-0.15, -0.1) is 0 Å². The average Bonchev–Trinajstić information content (AvgIpc) is 3.20. The Hall–Kier alpha value is -0.130. The average molecular weight is 269 g/mol. The molecule has 3 rings (SSSR count). The van der Waals surface area contributed by atoms with Gasteiger partial charge >= 0.3 is 0 Å². The molecule has 1 aromatic heterocycles. The van der Waals surface area contributed by atoms with Crippen LogP contribution in [-0.2, 0) is 0 Å². The highest BCUT2D eigenvalue weighted by atomic mass is 32.2. The van der Waals surface area contributed by atoms with E-state index in [-0.39, 0.29) is 0 Å². The van der Waals surface area contributed by atoms with E-state index in [9.17, 15) is 0 Å². The third-order valence-corrected chi connectivity index (χ3v) is 5.40. The summed E-state index contributed by atoms with van der Waals surface area (Å²) in [5.74, 6) is 4.01. The molecule has 0 bridgehead atoms. The zero-order valence-electron chi connectivity index (χ0n) is 10.2. The highest BCUT2D eigenvalue weighted by Crippen LogP contribution is 2.44. The first-order chi connectivity index (χ1) is 8.33. The van der Waals surface area contributed by atoms with E-state index in [0.717, 1.165) is 40.3 Å². The van der Waals surface area contributed by atoms with Crippen LogP contribution >= 0.6 is 23.3 Å². The molecule has 1 N–H and O–H groups in total. The fourth-order valence-electron chi connectivity index (χ4n) is 2.33. The van der Waals surface area contributed by atoms with Crippen molar-refractivity contribution in [3.8, 4) is 0 Å². The fraction of sp³-hybridized carbons (Fsp3) is 0.833. The Morgan fingerprint density at radius 3 is 2.59 bits per heavy atom. The van der Waals surface area contributed by atoms with Crippen molar-refractivity contribution in [2.75, 3.05) is 12.3 Å². The minimum atomic E-state index is 0.826. The topological polar surface area (TPSA) is 37.8 Å². The molecule has 0 amide bonds. The lowest BCUT2D eigenvalue weighted by Gasteiger charge is -2.16. The smallest absolute Gasteiger partial charge is 0.170 e. The van der Waals surface area contributed by atoms with Crippen LogP contribution in [-0.4, -0.2) is 27.7 Å². The summed E-state index contributed by atoms with van der Waals surface area (Å²) in [6.45, 7) is 3.07. The van der Waals surface area contributed by atoms with Gasteiger partial charge in [0.1, 0.15) is 5.82 Å². The van der Waals surface area contributed by atoms with Gasteiger partial charge < -0.3 is 5.32 Å². The molecule has 17 heavy (non-hydrogen) atoms. The second-order valence-corrected chi connectivity index (χ2v) is 7.20. The number of thioether (sulfide) groups is 1. The Kier molecular flexibility index (Phi) is 3.68. The van der Waals surface area contributed by atoms with Gasteiger partial charge in [0, 0.05) is 18.3 Å². The molecule has 1 heterocycles. The van der Waals surface area contributed by atoms with Crippen molar-refractivity contribution in [1.82, 2.24) is 14.7 Å². The molecule has 3 nitrogen and oxygen atoms in total. The molecule has 0 saturated heterocycles. The Morgan fingerprint density at radius 1 is 1.35 bits per heavy atom. The predicted octanol–water partition coefficient (Wildman–Crippen LogP) is 2.72. The van der Waals surface area contributed by atoms with Gasteiger partial charge in [-0.05, 0) is 56.0 Å². The van der Waals surface area contributed by atoms with Crippen LogP contribution in [0.4, 0.5) is 0 Å². The lowest BCUT2D eigenvalue weighted by atomic mass is 10.1. The Balaban J connectivity index is 1.36. The van der Waals surface area contributed by atoms with Crippen LogP contribution in [0.2, 0.25) is 0 Å². The normalized spacial score (nSPS) is 20.1. The fourth-order valence-corrected chi connectivity index (χ4v) is 3.92. The second-order valence-electron chi connectivity index (χ2n) is 5.11. The highest BCUT2D eigenvalue weighted by molar-refractivity contribution is 8.00.